The molecule has 0 fully saturated rings. The number of ether oxygens (including phenoxy) is 6. The predicted octanol–water partition coefficient (Wildman–Crippen LogP) is 4.33. The van der Waals surface area contributed by atoms with Crippen LogP contribution in [0.1, 0.15) is 31.1 Å². The summed E-state index contributed by atoms with van der Waals surface area (Å²) in [6, 6.07) is 3.86. The molecular weight excluding hydrogens is 388 g/mol. The van der Waals surface area contributed by atoms with Gasteiger partial charge in [0, 0.05) is 18.2 Å². The molecule has 0 saturated heterocycles. The molecular formula is C23H28O7. The maximum absolute atomic E-state index is 11.3. The Morgan fingerprint density at radius 3 is 2.30 bits per heavy atom. The van der Waals surface area contributed by atoms with Gasteiger partial charge in [-0.25, -0.2) is 0 Å². The summed E-state index contributed by atoms with van der Waals surface area (Å²) in [5.74, 6) is 2.87. The van der Waals surface area contributed by atoms with E-state index < -0.39 is 0 Å². The fourth-order valence-electron chi connectivity index (χ4n) is 4.63. The van der Waals surface area contributed by atoms with Crippen LogP contribution in [-0.2, 0) is 11.2 Å². The van der Waals surface area contributed by atoms with Crippen LogP contribution >= 0.6 is 0 Å². The van der Waals surface area contributed by atoms with Crippen molar-refractivity contribution in [2.24, 2.45) is 11.8 Å². The second-order valence-electron chi connectivity index (χ2n) is 7.80. The third-order valence-corrected chi connectivity index (χ3v) is 6.31. The first-order valence-electron chi connectivity index (χ1n) is 9.97. The molecule has 0 saturated carbocycles. The molecule has 0 aromatic heterocycles. The molecule has 0 amide bonds. The summed E-state index contributed by atoms with van der Waals surface area (Å²) >= 11 is 0. The molecule has 0 bridgehead atoms. The van der Waals surface area contributed by atoms with Crippen LogP contribution in [0.15, 0.2) is 12.1 Å². The van der Waals surface area contributed by atoms with E-state index in [1.54, 1.807) is 28.4 Å². The van der Waals surface area contributed by atoms with Gasteiger partial charge in [0.05, 0.1) is 27.4 Å². The third kappa shape index (κ3) is 2.91. The van der Waals surface area contributed by atoms with E-state index in [1.807, 2.05) is 12.1 Å². The Morgan fingerprint density at radius 2 is 1.67 bits per heavy atom. The van der Waals surface area contributed by atoms with Crippen LogP contribution in [0.3, 0.4) is 0 Å². The van der Waals surface area contributed by atoms with E-state index in [0.717, 1.165) is 17.5 Å². The minimum absolute atomic E-state index is 0.0309. The fraction of sp³-hybridized carbons (Fsp3) is 0.478. The lowest BCUT2D eigenvalue weighted by Gasteiger charge is -2.34. The van der Waals surface area contributed by atoms with Crippen LogP contribution in [0, 0.1) is 11.8 Å². The van der Waals surface area contributed by atoms with Crippen molar-refractivity contribution < 1.29 is 33.5 Å². The van der Waals surface area contributed by atoms with Gasteiger partial charge in [0.25, 0.3) is 0 Å². The molecule has 1 aliphatic heterocycles. The normalized spacial score (nSPS) is 21.9. The highest BCUT2D eigenvalue weighted by atomic mass is 16.7. The zero-order valence-corrected chi connectivity index (χ0v) is 18.2. The number of phenols is 1. The molecule has 2 aliphatic rings. The van der Waals surface area contributed by atoms with E-state index >= 15 is 0 Å². The Labute approximate surface area is 176 Å². The molecule has 0 spiro atoms. The second-order valence-corrected chi connectivity index (χ2v) is 7.80. The van der Waals surface area contributed by atoms with Gasteiger partial charge in [-0.2, -0.15) is 0 Å². The van der Waals surface area contributed by atoms with Gasteiger partial charge in [0.2, 0.25) is 18.3 Å². The minimum atomic E-state index is -0.235. The van der Waals surface area contributed by atoms with Gasteiger partial charge in [-0.15, -0.1) is 0 Å². The van der Waals surface area contributed by atoms with E-state index in [0.29, 0.717) is 39.9 Å². The molecule has 3 atom stereocenters. The number of benzene rings is 2. The van der Waals surface area contributed by atoms with Crippen molar-refractivity contribution in [1.29, 1.82) is 0 Å². The number of hydrogen-bond acceptors (Lipinski definition) is 7. The second kappa shape index (κ2) is 7.80. The highest BCUT2D eigenvalue weighted by Gasteiger charge is 2.37. The van der Waals surface area contributed by atoms with Crippen molar-refractivity contribution in [3.05, 3.63) is 23.3 Å². The van der Waals surface area contributed by atoms with Gasteiger partial charge < -0.3 is 33.5 Å². The summed E-state index contributed by atoms with van der Waals surface area (Å²) in [4.78, 5) is 0. The van der Waals surface area contributed by atoms with E-state index in [4.69, 9.17) is 28.4 Å². The molecule has 0 radical (unpaired) electrons. The number of phenolic OH excluding ortho intramolecular Hbond substituents is 1. The summed E-state index contributed by atoms with van der Waals surface area (Å²) in [7, 11) is 6.43. The fourth-order valence-corrected chi connectivity index (χ4v) is 4.63. The molecule has 2 aromatic rings. The quantitative estimate of drug-likeness (QED) is 0.795. The van der Waals surface area contributed by atoms with Crippen LogP contribution in [0.2, 0.25) is 0 Å². The lowest BCUT2D eigenvalue weighted by atomic mass is 9.76. The average Bonchev–Trinajstić information content (AvgIpc) is 3.21. The molecule has 1 heterocycles. The number of hydrogen-bond donors (Lipinski definition) is 1. The summed E-state index contributed by atoms with van der Waals surface area (Å²) in [6.45, 7) is 4.43. The van der Waals surface area contributed by atoms with Crippen molar-refractivity contribution in [2.45, 2.75) is 26.4 Å². The zero-order valence-electron chi connectivity index (χ0n) is 18.2. The molecule has 30 heavy (non-hydrogen) atoms. The number of methoxy groups -OCH3 is 4. The highest BCUT2D eigenvalue weighted by molar-refractivity contribution is 5.88. The summed E-state index contributed by atoms with van der Waals surface area (Å²) in [5.41, 5.74) is 3.18. The standard InChI is InChI=1S/C23H28O7/c1-11-7-13-8-16-21(30-10-29-16)19(24)17(13)18-14(20(26-4)12(11)2)9-15(25-3)22(27-5)23(18)28-6/h8-9,11-12,20,24H,7,10H2,1-6H3. The van der Waals surface area contributed by atoms with Gasteiger partial charge in [0.15, 0.2) is 23.0 Å². The van der Waals surface area contributed by atoms with Crippen LogP contribution in [0.25, 0.3) is 11.1 Å². The number of aromatic hydroxyl groups is 1. The molecule has 7 nitrogen and oxygen atoms in total. The van der Waals surface area contributed by atoms with Crippen LogP contribution in [0.5, 0.6) is 34.5 Å². The molecule has 1 N–H and O–H groups in total. The van der Waals surface area contributed by atoms with Crippen molar-refractivity contribution >= 4 is 0 Å². The Morgan fingerprint density at radius 1 is 0.933 bits per heavy atom. The van der Waals surface area contributed by atoms with Crippen molar-refractivity contribution in [2.75, 3.05) is 35.2 Å². The van der Waals surface area contributed by atoms with Crippen LogP contribution in [0.4, 0.5) is 0 Å². The van der Waals surface area contributed by atoms with Crippen LogP contribution in [-0.4, -0.2) is 40.3 Å². The molecule has 1 aliphatic carbocycles. The predicted molar refractivity (Wildman–Crippen MR) is 111 cm³/mol. The first-order valence-corrected chi connectivity index (χ1v) is 9.97. The Balaban J connectivity index is 2.15. The Bertz CT molecular complexity index is 969. The smallest absolute Gasteiger partial charge is 0.231 e. The summed E-state index contributed by atoms with van der Waals surface area (Å²) in [5, 5.41) is 11.3. The number of rotatable bonds is 4. The zero-order chi connectivity index (χ0) is 21.6. The third-order valence-electron chi connectivity index (χ3n) is 6.31. The maximum atomic E-state index is 11.3. The topological polar surface area (TPSA) is 75.6 Å². The van der Waals surface area contributed by atoms with Gasteiger partial charge in [0.1, 0.15) is 0 Å². The Kier molecular flexibility index (Phi) is 5.32. The van der Waals surface area contributed by atoms with Crippen LogP contribution < -0.4 is 23.7 Å². The maximum Gasteiger partial charge on any atom is 0.231 e. The lowest BCUT2D eigenvalue weighted by molar-refractivity contribution is 0.0361. The summed E-state index contributed by atoms with van der Waals surface area (Å²) < 4.78 is 34.1. The molecule has 7 heteroatoms. The van der Waals surface area contributed by atoms with Crippen molar-refractivity contribution in [1.82, 2.24) is 0 Å². The van der Waals surface area contributed by atoms with Gasteiger partial charge >= 0.3 is 0 Å². The highest BCUT2D eigenvalue weighted by Crippen LogP contribution is 2.58. The van der Waals surface area contributed by atoms with E-state index in [2.05, 4.69) is 13.8 Å². The number of fused-ring (bicyclic) bond motifs is 4. The van der Waals surface area contributed by atoms with E-state index in [1.165, 1.54) is 0 Å². The SMILES string of the molecule is COc1cc2c(c(OC)c1OC)-c1c(cc3c(c1O)OCO3)CC(C)C(C)C2OC. The van der Waals surface area contributed by atoms with Gasteiger partial charge in [-0.05, 0) is 41.5 Å². The average molecular weight is 416 g/mol. The first kappa shape index (κ1) is 20.5. The van der Waals surface area contributed by atoms with Gasteiger partial charge in [-0.1, -0.05) is 13.8 Å². The summed E-state index contributed by atoms with van der Waals surface area (Å²) in [6.07, 6.45) is 0.499. The molecule has 162 valence electrons. The van der Waals surface area contributed by atoms with E-state index in [-0.39, 0.29) is 30.5 Å². The first-order chi connectivity index (χ1) is 14.5. The lowest BCUT2D eigenvalue weighted by Crippen LogP contribution is -2.24. The van der Waals surface area contributed by atoms with Gasteiger partial charge in [-0.3, -0.25) is 0 Å². The molecule has 4 rings (SSSR count). The van der Waals surface area contributed by atoms with E-state index in [9.17, 15) is 5.11 Å². The molecule has 2 aromatic carbocycles. The largest absolute Gasteiger partial charge is 0.504 e. The monoisotopic (exact) mass is 416 g/mol. The minimum Gasteiger partial charge on any atom is -0.504 e. The Hall–Kier alpha value is -2.80. The van der Waals surface area contributed by atoms with Crippen molar-refractivity contribution in [3.8, 4) is 45.6 Å². The molecule has 3 unspecified atom stereocenters. The van der Waals surface area contributed by atoms with Crippen molar-refractivity contribution in [3.63, 3.8) is 0 Å².